The summed E-state index contributed by atoms with van der Waals surface area (Å²) in [6, 6.07) is 8.75. The molecule has 264 valence electrons. The molecule has 0 amide bonds. The molecule has 7 rings (SSSR count). The lowest BCUT2D eigenvalue weighted by Crippen LogP contribution is -2.52. The average molecular weight is 783 g/mol. The number of benzene rings is 2. The van der Waals surface area contributed by atoms with Crippen LogP contribution in [0.3, 0.4) is 0 Å². The first kappa shape index (κ1) is 36.0. The number of aryl methyl sites for hydroxylation is 1. The smallest absolute Gasteiger partial charge is 0.229 e. The van der Waals surface area contributed by atoms with Gasteiger partial charge >= 0.3 is 0 Å². The molecule has 0 atom stereocenters. The van der Waals surface area contributed by atoms with Crippen molar-refractivity contribution in [3.8, 4) is 22.6 Å². The highest BCUT2D eigenvalue weighted by Gasteiger charge is 2.27. The zero-order chi connectivity index (χ0) is 33.9. The first-order valence-corrected chi connectivity index (χ1v) is 19.4. The maximum Gasteiger partial charge on any atom is 0.229 e. The van der Waals surface area contributed by atoms with Gasteiger partial charge in [0.1, 0.15) is 17.1 Å². The van der Waals surface area contributed by atoms with Gasteiger partial charge in [-0.1, -0.05) is 0 Å². The Kier molecular flexibility index (Phi) is 11.5. The number of rotatable bonds is 10. The van der Waals surface area contributed by atoms with Crippen molar-refractivity contribution in [3.63, 3.8) is 0 Å². The van der Waals surface area contributed by atoms with Crippen molar-refractivity contribution >= 4 is 76.3 Å². The van der Waals surface area contributed by atoms with Gasteiger partial charge in [0.25, 0.3) is 0 Å². The third-order valence-corrected chi connectivity index (χ3v) is 10.1. The fourth-order valence-corrected chi connectivity index (χ4v) is 7.38. The van der Waals surface area contributed by atoms with E-state index in [2.05, 4.69) is 73.9 Å². The van der Waals surface area contributed by atoms with Crippen molar-refractivity contribution in [2.75, 3.05) is 75.2 Å². The van der Waals surface area contributed by atoms with Crippen LogP contribution in [0.15, 0.2) is 59.7 Å². The minimum Gasteiger partial charge on any atom is -0.494 e. The Hall–Kier alpha value is -3.81. The number of halogens is 2. The van der Waals surface area contributed by atoms with Crippen LogP contribution in [0.4, 0.5) is 28.8 Å². The van der Waals surface area contributed by atoms with Gasteiger partial charge in [-0.25, -0.2) is 9.97 Å². The molecule has 0 saturated carbocycles. The first-order chi connectivity index (χ1) is 23.9. The lowest BCUT2D eigenvalue weighted by molar-refractivity contribution is 0.153. The van der Waals surface area contributed by atoms with Gasteiger partial charge in [0.05, 0.1) is 42.8 Å². The number of nitrogens with zero attached hydrogens (tertiary/aromatic N) is 8. The second-order valence-corrected chi connectivity index (χ2v) is 15.0. The Bertz CT molecular complexity index is 1930. The van der Waals surface area contributed by atoms with Crippen LogP contribution < -0.4 is 30.1 Å². The number of fused-ring (bicyclic) bond motifs is 1. The van der Waals surface area contributed by atoms with Gasteiger partial charge in [0.2, 0.25) is 5.95 Å². The van der Waals surface area contributed by atoms with Crippen molar-refractivity contribution in [1.29, 1.82) is 0 Å². The summed E-state index contributed by atoms with van der Waals surface area (Å²) in [4.78, 5) is 23.6. The second-order valence-electron chi connectivity index (χ2n) is 12.4. The molecule has 2 aliphatic heterocycles. The zero-order valence-electron chi connectivity index (χ0n) is 28.6. The van der Waals surface area contributed by atoms with Crippen LogP contribution in [0.25, 0.3) is 22.2 Å². The van der Waals surface area contributed by atoms with Gasteiger partial charge < -0.3 is 30.1 Å². The van der Waals surface area contributed by atoms with Crippen LogP contribution >= 0.6 is 36.5 Å². The number of methoxy groups -OCH3 is 1. The number of nitrogens with one attached hydrogen (secondary N) is 3. The lowest BCUT2D eigenvalue weighted by Gasteiger charge is -2.42. The Balaban J connectivity index is 0.00000432. The van der Waals surface area contributed by atoms with Crippen LogP contribution in [-0.4, -0.2) is 100 Å². The summed E-state index contributed by atoms with van der Waals surface area (Å²) in [5, 5.41) is 14.9. The Morgan fingerprint density at radius 3 is 2.46 bits per heavy atom. The number of piperidine rings is 1. The maximum absolute atomic E-state index is 6.27. The number of ether oxygens (including phenoxy) is 1. The molecule has 0 radical (unpaired) electrons. The summed E-state index contributed by atoms with van der Waals surface area (Å²) < 4.78 is 14.8. The number of hydrogen-bond donors (Lipinski definition) is 3. The number of anilines is 5. The fourth-order valence-electron chi connectivity index (χ4n) is 6.54. The predicted molar refractivity (Wildman–Crippen MR) is 207 cm³/mol. The normalized spacial score (nSPS) is 15.6. The Morgan fingerprint density at radius 2 is 1.74 bits per heavy atom. The van der Waals surface area contributed by atoms with Crippen molar-refractivity contribution in [2.24, 2.45) is 7.05 Å². The van der Waals surface area contributed by atoms with E-state index in [-0.39, 0.29) is 12.4 Å². The summed E-state index contributed by atoms with van der Waals surface area (Å²) in [7, 11) is 2.91. The molecule has 2 aliphatic rings. The van der Waals surface area contributed by atoms with Crippen LogP contribution in [0.1, 0.15) is 12.8 Å². The molecule has 3 N–H and O–H groups in total. The highest BCUT2D eigenvalue weighted by Crippen LogP contribution is 2.43. The molecule has 50 heavy (non-hydrogen) atoms. The quantitative estimate of drug-likeness (QED) is 0.136. The molecule has 0 aliphatic carbocycles. The zero-order valence-corrected chi connectivity index (χ0v) is 31.9. The standard InChI is InChI=1S/C34H41BrN11O2P.ClH/c1-44-21-22(19-40-44)24-17-28(30(47-2)18-29(24)46-15-13-45(14-16-46)23-7-9-36-10-8-23)42-34-39-20-25(35)33(43-34)41-27-6-5-26-31(38-12-11-37-26)32(27)48-49(3)4;/h5-6,11-12,17-21,23,36H,7-10,13-16H2,1-4H3,(H2,39,41,42,43);1H. The summed E-state index contributed by atoms with van der Waals surface area (Å²) in [6.45, 7) is 10.3. The van der Waals surface area contributed by atoms with E-state index in [4.69, 9.17) is 14.2 Å². The molecule has 0 bridgehead atoms. The summed E-state index contributed by atoms with van der Waals surface area (Å²) >= 11 is 3.63. The Morgan fingerprint density at radius 1 is 0.960 bits per heavy atom. The second kappa shape index (κ2) is 16.0. The molecule has 5 aromatic rings. The van der Waals surface area contributed by atoms with E-state index in [1.807, 2.05) is 49.6 Å². The molecule has 0 unspecified atom stereocenters. The van der Waals surface area contributed by atoms with E-state index in [9.17, 15) is 0 Å². The first-order valence-electron chi connectivity index (χ1n) is 16.4. The molecule has 2 fully saturated rings. The molecule has 16 heteroatoms. The van der Waals surface area contributed by atoms with Gasteiger partial charge in [-0.2, -0.15) is 10.1 Å². The van der Waals surface area contributed by atoms with E-state index in [1.165, 1.54) is 12.8 Å². The molecule has 2 aromatic carbocycles. The van der Waals surface area contributed by atoms with Gasteiger partial charge in [0.15, 0.2) is 5.75 Å². The topological polar surface area (TPSA) is 130 Å². The molecule has 5 heterocycles. The number of piperazine rings is 1. The number of hydrogen-bond acceptors (Lipinski definition) is 12. The van der Waals surface area contributed by atoms with Crippen molar-refractivity contribution in [3.05, 3.63) is 59.7 Å². The van der Waals surface area contributed by atoms with Gasteiger partial charge in [-0.15, -0.1) is 12.4 Å². The van der Waals surface area contributed by atoms with Crippen LogP contribution in [0.5, 0.6) is 11.5 Å². The van der Waals surface area contributed by atoms with E-state index < -0.39 is 8.15 Å². The lowest BCUT2D eigenvalue weighted by atomic mass is 10.0. The average Bonchev–Trinajstić information content (AvgIpc) is 3.56. The van der Waals surface area contributed by atoms with E-state index >= 15 is 0 Å². The molecule has 2 saturated heterocycles. The molecular formula is C34H42BrClN11O2P. The summed E-state index contributed by atoms with van der Waals surface area (Å²) in [5.74, 6) is 2.31. The third-order valence-electron chi connectivity index (χ3n) is 8.93. The van der Waals surface area contributed by atoms with Crippen LogP contribution in [0.2, 0.25) is 0 Å². The van der Waals surface area contributed by atoms with Crippen LogP contribution in [-0.2, 0) is 7.05 Å². The van der Waals surface area contributed by atoms with E-state index in [0.29, 0.717) is 39.3 Å². The van der Waals surface area contributed by atoms with E-state index in [1.54, 1.807) is 25.7 Å². The maximum atomic E-state index is 6.27. The fraction of sp³-hybridized carbons (Fsp3) is 0.382. The van der Waals surface area contributed by atoms with Gasteiger partial charge in [-0.05, 0) is 73.4 Å². The minimum atomic E-state index is -0.721. The number of aromatic nitrogens is 6. The van der Waals surface area contributed by atoms with Crippen molar-refractivity contribution in [1.82, 2.24) is 39.9 Å². The van der Waals surface area contributed by atoms with E-state index in [0.717, 1.165) is 73.0 Å². The largest absolute Gasteiger partial charge is 0.494 e. The third kappa shape index (κ3) is 7.89. The highest BCUT2D eigenvalue weighted by atomic mass is 79.9. The van der Waals surface area contributed by atoms with Crippen molar-refractivity contribution < 1.29 is 9.26 Å². The minimum absolute atomic E-state index is 0. The molecule has 0 spiro atoms. The SMILES string of the molecule is COc1cc(N2CCN(C3CCNCC3)CC2)c(-c2cnn(C)c2)cc1Nc1ncc(Br)c(Nc2ccc3nccnc3c2OP(C)C)n1.Cl. The molecular weight excluding hydrogens is 741 g/mol. The monoisotopic (exact) mass is 781 g/mol. The predicted octanol–water partition coefficient (Wildman–Crippen LogP) is 6.41. The highest BCUT2D eigenvalue weighted by molar-refractivity contribution is 9.10. The summed E-state index contributed by atoms with van der Waals surface area (Å²) in [5.41, 5.74) is 6.15. The van der Waals surface area contributed by atoms with Crippen LogP contribution in [0, 0.1) is 0 Å². The summed E-state index contributed by atoms with van der Waals surface area (Å²) in [6.07, 6.45) is 11.5. The molecule has 3 aromatic heterocycles. The van der Waals surface area contributed by atoms with Crippen molar-refractivity contribution in [2.45, 2.75) is 18.9 Å². The Labute approximate surface area is 308 Å². The molecule has 13 nitrogen and oxygen atoms in total. The van der Waals surface area contributed by atoms with Gasteiger partial charge in [-0.3, -0.25) is 14.6 Å². The van der Waals surface area contributed by atoms with Gasteiger partial charge in [0, 0.05) is 86.9 Å².